The number of benzene rings is 1. The Balaban J connectivity index is 2.03. The molecule has 1 unspecified atom stereocenters. The quantitative estimate of drug-likeness (QED) is 0.906. The van der Waals surface area contributed by atoms with Crippen LogP contribution in [0, 0.1) is 6.92 Å². The molecule has 2 rings (SSSR count). The molecule has 1 aliphatic rings. The number of aryl methyl sites for hydroxylation is 1. The van der Waals surface area contributed by atoms with E-state index in [4.69, 9.17) is 4.74 Å². The fraction of sp³-hybridized carbons (Fsp3) is 0.571. The van der Waals surface area contributed by atoms with Crippen LogP contribution < -0.4 is 5.32 Å². The lowest BCUT2D eigenvalue weighted by molar-refractivity contribution is 0.0135. The van der Waals surface area contributed by atoms with Crippen LogP contribution in [0.1, 0.15) is 25.0 Å². The third kappa shape index (κ3) is 3.54. The minimum absolute atomic E-state index is 0.0881. The van der Waals surface area contributed by atoms with Crippen molar-refractivity contribution in [3.8, 4) is 0 Å². The standard InChI is InChI=1S/C14H20BrNO/c1-10-4-5-11(7-13(10)15)6-12-8-17-9-14(2,3)16-12/h4-5,7,12,16H,6,8-9H2,1-3H3. The van der Waals surface area contributed by atoms with E-state index in [1.165, 1.54) is 15.6 Å². The van der Waals surface area contributed by atoms with Crippen LogP contribution in [0.15, 0.2) is 22.7 Å². The lowest BCUT2D eigenvalue weighted by Gasteiger charge is -2.37. The molecule has 1 atom stereocenters. The molecule has 1 saturated heterocycles. The summed E-state index contributed by atoms with van der Waals surface area (Å²) in [5.74, 6) is 0. The highest BCUT2D eigenvalue weighted by atomic mass is 79.9. The Morgan fingerprint density at radius 3 is 2.88 bits per heavy atom. The van der Waals surface area contributed by atoms with Crippen molar-refractivity contribution >= 4 is 15.9 Å². The van der Waals surface area contributed by atoms with E-state index in [9.17, 15) is 0 Å². The van der Waals surface area contributed by atoms with Crippen LogP contribution in [0.2, 0.25) is 0 Å². The molecule has 3 heteroatoms. The largest absolute Gasteiger partial charge is 0.378 e. The van der Waals surface area contributed by atoms with Crippen molar-refractivity contribution < 1.29 is 4.74 Å². The van der Waals surface area contributed by atoms with Gasteiger partial charge in [0.05, 0.1) is 13.2 Å². The number of halogens is 1. The number of rotatable bonds is 2. The van der Waals surface area contributed by atoms with Gasteiger partial charge in [0, 0.05) is 16.1 Å². The molecule has 1 fully saturated rings. The third-order valence-electron chi connectivity index (χ3n) is 3.10. The first-order valence-electron chi connectivity index (χ1n) is 6.07. The zero-order valence-electron chi connectivity index (χ0n) is 10.7. The Bertz CT molecular complexity index is 403. The Labute approximate surface area is 112 Å². The van der Waals surface area contributed by atoms with Gasteiger partial charge in [0.25, 0.3) is 0 Å². The monoisotopic (exact) mass is 297 g/mol. The second kappa shape index (κ2) is 5.09. The first kappa shape index (κ1) is 13.1. The van der Waals surface area contributed by atoms with Crippen LogP contribution in [-0.2, 0) is 11.2 Å². The molecule has 1 N–H and O–H groups in total. The second-order valence-corrected chi connectivity index (χ2v) is 6.38. The van der Waals surface area contributed by atoms with Crippen LogP contribution in [0.3, 0.4) is 0 Å². The van der Waals surface area contributed by atoms with Crippen molar-refractivity contribution in [3.63, 3.8) is 0 Å². The van der Waals surface area contributed by atoms with E-state index in [2.05, 4.69) is 60.2 Å². The van der Waals surface area contributed by atoms with Gasteiger partial charge in [-0.1, -0.05) is 28.1 Å². The Morgan fingerprint density at radius 1 is 1.47 bits per heavy atom. The number of morpholine rings is 1. The van der Waals surface area contributed by atoms with E-state index >= 15 is 0 Å². The zero-order chi connectivity index (χ0) is 12.5. The molecule has 1 aliphatic heterocycles. The first-order valence-corrected chi connectivity index (χ1v) is 6.86. The van der Waals surface area contributed by atoms with Crippen LogP contribution in [0.5, 0.6) is 0 Å². The maximum absolute atomic E-state index is 5.65. The SMILES string of the molecule is Cc1ccc(CC2COCC(C)(C)N2)cc1Br. The van der Waals surface area contributed by atoms with Gasteiger partial charge in [-0.25, -0.2) is 0 Å². The van der Waals surface area contributed by atoms with Crippen molar-refractivity contribution in [2.75, 3.05) is 13.2 Å². The summed E-state index contributed by atoms with van der Waals surface area (Å²) in [6.45, 7) is 8.07. The van der Waals surface area contributed by atoms with Crippen molar-refractivity contribution in [2.45, 2.75) is 38.8 Å². The number of nitrogens with one attached hydrogen (secondary N) is 1. The van der Waals surface area contributed by atoms with Gasteiger partial charge in [-0.3, -0.25) is 0 Å². The summed E-state index contributed by atoms with van der Waals surface area (Å²) in [5, 5.41) is 3.63. The van der Waals surface area contributed by atoms with E-state index in [0.717, 1.165) is 19.6 Å². The molecule has 0 saturated carbocycles. The fourth-order valence-corrected chi connectivity index (χ4v) is 2.68. The van der Waals surface area contributed by atoms with Crippen molar-refractivity contribution in [3.05, 3.63) is 33.8 Å². The lowest BCUT2D eigenvalue weighted by atomic mass is 9.98. The molecule has 1 heterocycles. The molecule has 0 spiro atoms. The molecule has 1 aromatic carbocycles. The van der Waals surface area contributed by atoms with Crippen molar-refractivity contribution in [2.24, 2.45) is 0 Å². The molecule has 1 aromatic rings. The first-order chi connectivity index (χ1) is 7.96. The predicted octanol–water partition coefficient (Wildman–Crippen LogP) is 3.07. The average Bonchev–Trinajstić information content (AvgIpc) is 2.22. The zero-order valence-corrected chi connectivity index (χ0v) is 12.3. The molecule has 17 heavy (non-hydrogen) atoms. The summed E-state index contributed by atoms with van der Waals surface area (Å²) >= 11 is 3.58. The van der Waals surface area contributed by atoms with E-state index in [1.807, 2.05) is 0 Å². The molecule has 0 aromatic heterocycles. The highest BCUT2D eigenvalue weighted by Gasteiger charge is 2.27. The molecular formula is C14H20BrNO. The third-order valence-corrected chi connectivity index (χ3v) is 3.95. The van der Waals surface area contributed by atoms with Crippen LogP contribution in [0.4, 0.5) is 0 Å². The van der Waals surface area contributed by atoms with Crippen LogP contribution in [0.25, 0.3) is 0 Å². The van der Waals surface area contributed by atoms with Gasteiger partial charge in [-0.2, -0.15) is 0 Å². The molecule has 0 aliphatic carbocycles. The predicted molar refractivity (Wildman–Crippen MR) is 74.4 cm³/mol. The Morgan fingerprint density at radius 2 is 2.24 bits per heavy atom. The molecule has 94 valence electrons. The minimum atomic E-state index is 0.0881. The van der Waals surface area contributed by atoms with E-state index in [1.54, 1.807) is 0 Å². The summed E-state index contributed by atoms with van der Waals surface area (Å²) in [5.41, 5.74) is 2.72. The second-order valence-electron chi connectivity index (χ2n) is 5.53. The highest BCUT2D eigenvalue weighted by molar-refractivity contribution is 9.10. The number of ether oxygens (including phenoxy) is 1. The Hall–Kier alpha value is -0.380. The summed E-state index contributed by atoms with van der Waals surface area (Å²) < 4.78 is 6.84. The molecule has 0 amide bonds. The average molecular weight is 298 g/mol. The summed E-state index contributed by atoms with van der Waals surface area (Å²) in [6, 6.07) is 6.98. The van der Waals surface area contributed by atoms with Gasteiger partial charge >= 0.3 is 0 Å². The summed E-state index contributed by atoms with van der Waals surface area (Å²) in [6.07, 6.45) is 1.02. The van der Waals surface area contributed by atoms with Gasteiger partial charge < -0.3 is 10.1 Å². The smallest absolute Gasteiger partial charge is 0.0643 e. The normalized spacial score (nSPS) is 23.6. The summed E-state index contributed by atoms with van der Waals surface area (Å²) in [4.78, 5) is 0. The number of hydrogen-bond donors (Lipinski definition) is 1. The van der Waals surface area contributed by atoms with E-state index < -0.39 is 0 Å². The fourth-order valence-electron chi connectivity index (χ4n) is 2.25. The maximum atomic E-state index is 5.65. The molecule has 2 nitrogen and oxygen atoms in total. The van der Waals surface area contributed by atoms with Crippen molar-refractivity contribution in [1.82, 2.24) is 5.32 Å². The van der Waals surface area contributed by atoms with Gasteiger partial charge in [0.15, 0.2) is 0 Å². The van der Waals surface area contributed by atoms with E-state index in [0.29, 0.717) is 6.04 Å². The Kier molecular flexibility index (Phi) is 3.91. The maximum Gasteiger partial charge on any atom is 0.0643 e. The van der Waals surface area contributed by atoms with Crippen molar-refractivity contribution in [1.29, 1.82) is 0 Å². The van der Waals surface area contributed by atoms with Gasteiger partial charge in [-0.05, 0) is 44.4 Å². The topological polar surface area (TPSA) is 21.3 Å². The molecule has 0 bridgehead atoms. The lowest BCUT2D eigenvalue weighted by Crippen LogP contribution is -2.56. The van der Waals surface area contributed by atoms with Crippen LogP contribution in [-0.4, -0.2) is 24.8 Å². The van der Waals surface area contributed by atoms with E-state index in [-0.39, 0.29) is 5.54 Å². The van der Waals surface area contributed by atoms with Gasteiger partial charge in [-0.15, -0.1) is 0 Å². The minimum Gasteiger partial charge on any atom is -0.378 e. The highest BCUT2D eigenvalue weighted by Crippen LogP contribution is 2.20. The summed E-state index contributed by atoms with van der Waals surface area (Å²) in [7, 11) is 0. The number of hydrogen-bond acceptors (Lipinski definition) is 2. The van der Waals surface area contributed by atoms with Crippen LogP contribution >= 0.6 is 15.9 Å². The molecule has 0 radical (unpaired) electrons. The van der Waals surface area contributed by atoms with Gasteiger partial charge in [0.1, 0.15) is 0 Å². The van der Waals surface area contributed by atoms with Gasteiger partial charge in [0.2, 0.25) is 0 Å². The molecular weight excluding hydrogens is 278 g/mol.